The lowest BCUT2D eigenvalue weighted by molar-refractivity contribution is 0.100. The van der Waals surface area contributed by atoms with Crippen LogP contribution in [0.4, 0.5) is 5.69 Å². The van der Waals surface area contributed by atoms with Crippen LogP contribution in [0.25, 0.3) is 0 Å². The maximum absolute atomic E-state index is 11.4. The van der Waals surface area contributed by atoms with Crippen molar-refractivity contribution in [3.63, 3.8) is 0 Å². The molecule has 4 N–H and O–H groups in total. The Labute approximate surface area is 112 Å². The normalized spacial score (nSPS) is 21.1. The number of nitrogens with zero attached hydrogens (tertiary/aromatic N) is 1. The van der Waals surface area contributed by atoms with E-state index in [1.165, 1.54) is 0 Å². The number of halogens is 1. The van der Waals surface area contributed by atoms with Crippen molar-refractivity contribution in [3.8, 4) is 0 Å². The summed E-state index contributed by atoms with van der Waals surface area (Å²) in [5, 5.41) is 0.610. The molecular formula is C13H18ClN3O. The van der Waals surface area contributed by atoms with Gasteiger partial charge in [0.25, 0.3) is 5.91 Å². The summed E-state index contributed by atoms with van der Waals surface area (Å²) in [4.78, 5) is 13.6. The lowest BCUT2D eigenvalue weighted by Gasteiger charge is -2.22. The zero-order valence-corrected chi connectivity index (χ0v) is 11.2. The fraction of sp³-hybridized carbons (Fsp3) is 0.462. The molecule has 1 aliphatic heterocycles. The first-order chi connectivity index (χ1) is 8.49. The van der Waals surface area contributed by atoms with E-state index in [-0.39, 0.29) is 6.04 Å². The predicted octanol–water partition coefficient (Wildman–Crippen LogP) is 1.61. The quantitative estimate of drug-likeness (QED) is 0.874. The van der Waals surface area contributed by atoms with Crippen LogP contribution in [0.2, 0.25) is 5.02 Å². The van der Waals surface area contributed by atoms with Crippen LogP contribution in [0, 0.1) is 5.92 Å². The van der Waals surface area contributed by atoms with E-state index in [9.17, 15) is 4.79 Å². The number of amides is 1. The van der Waals surface area contributed by atoms with Crippen LogP contribution in [0.1, 0.15) is 23.7 Å². The Kier molecular flexibility index (Phi) is 3.78. The summed E-state index contributed by atoms with van der Waals surface area (Å²) in [7, 11) is 0. The minimum absolute atomic E-state index is 0.159. The molecule has 2 atom stereocenters. The summed E-state index contributed by atoms with van der Waals surface area (Å²) >= 11 is 6.00. The molecule has 1 heterocycles. The maximum atomic E-state index is 11.4. The zero-order valence-electron chi connectivity index (χ0n) is 10.4. The van der Waals surface area contributed by atoms with Gasteiger partial charge in [-0.15, -0.1) is 0 Å². The predicted molar refractivity (Wildman–Crippen MR) is 73.9 cm³/mol. The molecule has 1 aromatic carbocycles. The zero-order chi connectivity index (χ0) is 13.3. The third-order valence-electron chi connectivity index (χ3n) is 3.53. The van der Waals surface area contributed by atoms with E-state index in [4.69, 9.17) is 23.1 Å². The second kappa shape index (κ2) is 5.16. The van der Waals surface area contributed by atoms with Crippen molar-refractivity contribution in [1.82, 2.24) is 0 Å². The smallest absolute Gasteiger partial charge is 0.250 e. The van der Waals surface area contributed by atoms with Crippen LogP contribution < -0.4 is 16.4 Å². The van der Waals surface area contributed by atoms with Gasteiger partial charge < -0.3 is 16.4 Å². The molecule has 18 heavy (non-hydrogen) atoms. The Morgan fingerprint density at radius 3 is 2.83 bits per heavy atom. The molecule has 0 aliphatic carbocycles. The van der Waals surface area contributed by atoms with Gasteiger partial charge in [-0.25, -0.2) is 0 Å². The molecule has 5 heteroatoms. The Morgan fingerprint density at radius 1 is 1.56 bits per heavy atom. The molecule has 2 rings (SSSR count). The van der Waals surface area contributed by atoms with Crippen molar-refractivity contribution < 1.29 is 4.79 Å². The fourth-order valence-electron chi connectivity index (χ4n) is 2.41. The molecule has 0 saturated carbocycles. The number of carbonyl (C=O) groups is 1. The van der Waals surface area contributed by atoms with Crippen molar-refractivity contribution in [1.29, 1.82) is 0 Å². The number of primary amides is 1. The largest absolute Gasteiger partial charge is 0.370 e. The van der Waals surface area contributed by atoms with E-state index < -0.39 is 5.91 Å². The van der Waals surface area contributed by atoms with Gasteiger partial charge in [-0.05, 0) is 37.5 Å². The van der Waals surface area contributed by atoms with Gasteiger partial charge in [0.15, 0.2) is 0 Å². The van der Waals surface area contributed by atoms with Crippen molar-refractivity contribution in [2.75, 3.05) is 18.0 Å². The van der Waals surface area contributed by atoms with E-state index in [1.54, 1.807) is 18.2 Å². The number of rotatable bonds is 3. The molecule has 0 bridgehead atoms. The molecule has 1 amide bonds. The summed E-state index contributed by atoms with van der Waals surface area (Å²) < 4.78 is 0. The van der Waals surface area contributed by atoms with E-state index in [1.807, 2.05) is 6.92 Å². The minimum atomic E-state index is -0.425. The summed E-state index contributed by atoms with van der Waals surface area (Å²) in [5.74, 6) is 0.0237. The van der Waals surface area contributed by atoms with Crippen LogP contribution in [-0.4, -0.2) is 25.0 Å². The number of benzene rings is 1. The molecule has 0 spiro atoms. The Morgan fingerprint density at radius 2 is 2.28 bits per heavy atom. The summed E-state index contributed by atoms with van der Waals surface area (Å²) in [6.07, 6.45) is 1.03. The van der Waals surface area contributed by atoms with Crippen molar-refractivity contribution in [2.24, 2.45) is 17.4 Å². The highest BCUT2D eigenvalue weighted by atomic mass is 35.5. The SMILES string of the molecule is CC(N)C1CCN(c2cc(Cl)ccc2C(N)=O)C1. The number of carbonyl (C=O) groups excluding carboxylic acids is 1. The van der Waals surface area contributed by atoms with Crippen LogP contribution >= 0.6 is 11.6 Å². The first-order valence-corrected chi connectivity index (χ1v) is 6.46. The number of hydrogen-bond acceptors (Lipinski definition) is 3. The Bertz CT molecular complexity index is 462. The van der Waals surface area contributed by atoms with Crippen molar-refractivity contribution >= 4 is 23.2 Å². The molecule has 0 aromatic heterocycles. The average Bonchev–Trinajstić information content (AvgIpc) is 2.77. The van der Waals surface area contributed by atoms with E-state index in [0.717, 1.165) is 25.2 Å². The molecule has 98 valence electrons. The lowest BCUT2D eigenvalue weighted by Crippen LogP contribution is -2.30. The monoisotopic (exact) mass is 267 g/mol. The van der Waals surface area contributed by atoms with Gasteiger partial charge in [-0.3, -0.25) is 4.79 Å². The highest BCUT2D eigenvalue weighted by Gasteiger charge is 2.27. The number of anilines is 1. The van der Waals surface area contributed by atoms with Crippen molar-refractivity contribution in [3.05, 3.63) is 28.8 Å². The lowest BCUT2D eigenvalue weighted by atomic mass is 10.0. The van der Waals surface area contributed by atoms with Gasteiger partial charge >= 0.3 is 0 Å². The molecule has 1 aliphatic rings. The van der Waals surface area contributed by atoms with Crippen LogP contribution in [-0.2, 0) is 0 Å². The minimum Gasteiger partial charge on any atom is -0.370 e. The van der Waals surface area contributed by atoms with E-state index in [2.05, 4.69) is 4.90 Å². The first kappa shape index (κ1) is 13.2. The number of nitrogens with two attached hydrogens (primary N) is 2. The van der Waals surface area contributed by atoms with Gasteiger partial charge in [-0.1, -0.05) is 11.6 Å². The summed E-state index contributed by atoms with van der Waals surface area (Å²) in [5.41, 5.74) is 12.7. The van der Waals surface area contributed by atoms with Gasteiger partial charge in [-0.2, -0.15) is 0 Å². The van der Waals surface area contributed by atoms with E-state index >= 15 is 0 Å². The molecule has 1 aromatic rings. The second-order valence-electron chi connectivity index (χ2n) is 4.88. The third-order valence-corrected chi connectivity index (χ3v) is 3.77. The van der Waals surface area contributed by atoms with Gasteiger partial charge in [0, 0.05) is 24.2 Å². The van der Waals surface area contributed by atoms with Crippen LogP contribution in [0.15, 0.2) is 18.2 Å². The Hall–Kier alpha value is -1.26. The topological polar surface area (TPSA) is 72.3 Å². The van der Waals surface area contributed by atoms with Gasteiger partial charge in [0.2, 0.25) is 0 Å². The third kappa shape index (κ3) is 2.60. The number of hydrogen-bond donors (Lipinski definition) is 2. The standard InChI is InChI=1S/C13H18ClN3O/c1-8(15)9-4-5-17(7-9)12-6-10(14)2-3-11(12)13(16)18/h2-3,6,8-9H,4-5,7,15H2,1H3,(H2,16,18). The molecule has 4 nitrogen and oxygen atoms in total. The molecular weight excluding hydrogens is 250 g/mol. The molecule has 2 unspecified atom stereocenters. The van der Waals surface area contributed by atoms with Gasteiger partial charge in [0.05, 0.1) is 11.3 Å². The highest BCUT2D eigenvalue weighted by Crippen LogP contribution is 2.30. The first-order valence-electron chi connectivity index (χ1n) is 6.09. The summed E-state index contributed by atoms with van der Waals surface area (Å²) in [6.45, 7) is 3.74. The van der Waals surface area contributed by atoms with Crippen LogP contribution in [0.5, 0.6) is 0 Å². The van der Waals surface area contributed by atoms with Crippen LogP contribution in [0.3, 0.4) is 0 Å². The molecule has 1 fully saturated rings. The maximum Gasteiger partial charge on any atom is 0.250 e. The van der Waals surface area contributed by atoms with Gasteiger partial charge in [0.1, 0.15) is 0 Å². The summed E-state index contributed by atoms with van der Waals surface area (Å²) in [6, 6.07) is 5.32. The van der Waals surface area contributed by atoms with E-state index in [0.29, 0.717) is 16.5 Å². The Balaban J connectivity index is 2.28. The average molecular weight is 268 g/mol. The molecule has 1 saturated heterocycles. The second-order valence-corrected chi connectivity index (χ2v) is 5.32. The molecule has 0 radical (unpaired) electrons. The van der Waals surface area contributed by atoms with Crippen molar-refractivity contribution in [2.45, 2.75) is 19.4 Å². The fourth-order valence-corrected chi connectivity index (χ4v) is 2.58. The highest BCUT2D eigenvalue weighted by molar-refractivity contribution is 6.31.